The lowest BCUT2D eigenvalue weighted by molar-refractivity contribution is 0.0738. The van der Waals surface area contributed by atoms with Crippen molar-refractivity contribution >= 4 is 23.2 Å². The molecule has 0 amide bonds. The molecule has 0 saturated heterocycles. The topological polar surface area (TPSA) is 42.7 Å². The lowest BCUT2D eigenvalue weighted by atomic mass is 9.84. The van der Waals surface area contributed by atoms with Crippen molar-refractivity contribution in [1.82, 2.24) is 0 Å². The second-order valence-electron chi connectivity index (χ2n) is 8.48. The number of aryl methyl sites for hydroxylation is 3. The maximum absolute atomic E-state index is 12.7. The van der Waals surface area contributed by atoms with Gasteiger partial charge in [-0.2, -0.15) is 0 Å². The largest absolute Gasteiger partial charge is 0.442 e. The first kappa shape index (κ1) is 18.4. The Hall–Kier alpha value is -3.01. The molecule has 0 bridgehead atoms. The fourth-order valence-corrected chi connectivity index (χ4v) is 3.78. The molecule has 4 rings (SSSR count). The van der Waals surface area contributed by atoms with Crippen molar-refractivity contribution in [2.24, 2.45) is 0 Å². The van der Waals surface area contributed by atoms with Crippen LogP contribution in [0.5, 0.6) is 5.75 Å². The molecule has 4 heteroatoms. The fraction of sp³-hybridized carbons (Fsp3) is 0.292. The molecule has 144 valence electrons. The third-order valence-corrected chi connectivity index (χ3v) is 5.15. The Balaban J connectivity index is 2.02. The van der Waals surface area contributed by atoms with Gasteiger partial charge in [0.25, 0.3) is 0 Å². The Morgan fingerprint density at radius 1 is 0.929 bits per heavy atom. The molecule has 2 heterocycles. The van der Waals surface area contributed by atoms with Gasteiger partial charge in [-0.1, -0.05) is 45.0 Å². The zero-order chi connectivity index (χ0) is 20.2. The summed E-state index contributed by atoms with van der Waals surface area (Å²) >= 11 is 0. The van der Waals surface area contributed by atoms with E-state index in [0.29, 0.717) is 23.0 Å². The van der Waals surface area contributed by atoms with Gasteiger partial charge in [0.1, 0.15) is 5.76 Å². The molecule has 0 saturated carbocycles. The molecule has 0 atom stereocenters. The van der Waals surface area contributed by atoms with Gasteiger partial charge in [-0.3, -0.25) is 4.90 Å². The van der Waals surface area contributed by atoms with Crippen LogP contribution in [-0.2, 0) is 5.41 Å². The van der Waals surface area contributed by atoms with Crippen molar-refractivity contribution in [2.75, 3.05) is 4.90 Å². The standard InChI is InChI=1S/C24H25NO3/c1-14-11-17(24(4,5)6)12-15(2)21(14)25-19-10-8-7-9-18(19)23(26)28-20-13-16(3)27-22(20)25/h7-13H,1-6H3. The first-order valence-electron chi connectivity index (χ1n) is 9.50. The Kier molecular flexibility index (Phi) is 4.11. The van der Waals surface area contributed by atoms with Crippen molar-refractivity contribution < 1.29 is 13.9 Å². The number of para-hydroxylation sites is 1. The van der Waals surface area contributed by atoms with E-state index >= 15 is 0 Å². The number of esters is 1. The summed E-state index contributed by atoms with van der Waals surface area (Å²) in [7, 11) is 0. The molecule has 0 unspecified atom stereocenters. The minimum Gasteiger partial charge on any atom is -0.442 e. The van der Waals surface area contributed by atoms with E-state index in [2.05, 4.69) is 46.8 Å². The second-order valence-corrected chi connectivity index (χ2v) is 8.48. The summed E-state index contributed by atoms with van der Waals surface area (Å²) in [5.74, 6) is 1.30. The SMILES string of the molecule is Cc1cc2c(o1)N(c1c(C)cc(C(C)(C)C)cc1C)c1ccccc1C(=O)O2. The van der Waals surface area contributed by atoms with Crippen LogP contribution in [0.25, 0.3) is 0 Å². The van der Waals surface area contributed by atoms with E-state index in [0.717, 1.165) is 22.5 Å². The number of furan rings is 1. The van der Waals surface area contributed by atoms with Crippen LogP contribution in [0, 0.1) is 20.8 Å². The molecule has 0 spiro atoms. The normalized spacial score (nSPS) is 13.6. The molecular formula is C24H25NO3. The predicted octanol–water partition coefficient (Wildman–Crippen LogP) is 6.50. The minimum absolute atomic E-state index is 0.0518. The quantitative estimate of drug-likeness (QED) is 0.455. The Morgan fingerprint density at radius 2 is 1.57 bits per heavy atom. The van der Waals surface area contributed by atoms with E-state index in [9.17, 15) is 4.79 Å². The molecule has 1 aliphatic heterocycles. The van der Waals surface area contributed by atoms with Crippen LogP contribution in [0.1, 0.15) is 53.6 Å². The molecule has 0 aliphatic carbocycles. The number of hydrogen-bond donors (Lipinski definition) is 0. The molecule has 28 heavy (non-hydrogen) atoms. The highest BCUT2D eigenvalue weighted by molar-refractivity contribution is 6.02. The monoisotopic (exact) mass is 375 g/mol. The Morgan fingerprint density at radius 3 is 2.21 bits per heavy atom. The smallest absolute Gasteiger partial charge is 0.345 e. The molecular weight excluding hydrogens is 350 g/mol. The average molecular weight is 375 g/mol. The van der Waals surface area contributed by atoms with Crippen LogP contribution in [-0.4, -0.2) is 5.97 Å². The van der Waals surface area contributed by atoms with E-state index in [1.807, 2.05) is 30.0 Å². The van der Waals surface area contributed by atoms with Crippen LogP contribution < -0.4 is 9.64 Å². The van der Waals surface area contributed by atoms with Crippen molar-refractivity contribution in [3.63, 3.8) is 0 Å². The average Bonchev–Trinajstić information content (AvgIpc) is 2.92. The summed E-state index contributed by atoms with van der Waals surface area (Å²) in [6.45, 7) is 12.7. The maximum atomic E-state index is 12.7. The van der Waals surface area contributed by atoms with Gasteiger partial charge in [-0.25, -0.2) is 4.79 Å². The molecule has 1 aliphatic rings. The van der Waals surface area contributed by atoms with Gasteiger partial charge in [0.2, 0.25) is 5.88 Å². The maximum Gasteiger partial charge on any atom is 0.345 e. The number of nitrogens with zero attached hydrogens (tertiary/aromatic N) is 1. The summed E-state index contributed by atoms with van der Waals surface area (Å²) in [4.78, 5) is 14.7. The van der Waals surface area contributed by atoms with Crippen LogP contribution >= 0.6 is 0 Å². The Bertz CT molecular complexity index is 1060. The summed E-state index contributed by atoms with van der Waals surface area (Å²) in [6.07, 6.45) is 0. The van der Waals surface area contributed by atoms with Gasteiger partial charge in [0.05, 0.1) is 16.9 Å². The summed E-state index contributed by atoms with van der Waals surface area (Å²) in [5, 5.41) is 0. The van der Waals surface area contributed by atoms with Crippen LogP contribution in [0.4, 0.5) is 17.3 Å². The molecule has 0 fully saturated rings. The number of anilines is 3. The van der Waals surface area contributed by atoms with Gasteiger partial charge in [-0.15, -0.1) is 0 Å². The van der Waals surface area contributed by atoms with E-state index in [4.69, 9.17) is 9.15 Å². The number of carbonyl (C=O) groups excluding carboxylic acids is 1. The third kappa shape index (κ3) is 2.89. The fourth-order valence-electron chi connectivity index (χ4n) is 3.78. The molecule has 0 N–H and O–H groups in total. The first-order chi connectivity index (χ1) is 13.2. The highest BCUT2D eigenvalue weighted by atomic mass is 16.5. The van der Waals surface area contributed by atoms with E-state index in [1.54, 1.807) is 12.1 Å². The van der Waals surface area contributed by atoms with E-state index < -0.39 is 0 Å². The Labute approximate surface area is 165 Å². The zero-order valence-corrected chi connectivity index (χ0v) is 17.2. The van der Waals surface area contributed by atoms with Gasteiger partial charge in [0.15, 0.2) is 5.75 Å². The molecule has 4 nitrogen and oxygen atoms in total. The highest BCUT2D eigenvalue weighted by Crippen LogP contribution is 2.48. The van der Waals surface area contributed by atoms with Gasteiger partial charge < -0.3 is 9.15 Å². The molecule has 2 aromatic carbocycles. The number of hydrogen-bond acceptors (Lipinski definition) is 4. The van der Waals surface area contributed by atoms with Crippen molar-refractivity contribution in [2.45, 2.75) is 47.0 Å². The van der Waals surface area contributed by atoms with E-state index in [1.165, 1.54) is 5.56 Å². The minimum atomic E-state index is -0.373. The number of benzene rings is 2. The van der Waals surface area contributed by atoms with Crippen LogP contribution in [0.15, 0.2) is 46.9 Å². The van der Waals surface area contributed by atoms with Crippen LogP contribution in [0.2, 0.25) is 0 Å². The lowest BCUT2D eigenvalue weighted by Gasteiger charge is -2.28. The van der Waals surface area contributed by atoms with Gasteiger partial charge in [0, 0.05) is 6.07 Å². The van der Waals surface area contributed by atoms with Crippen molar-refractivity contribution in [3.8, 4) is 5.75 Å². The second kappa shape index (κ2) is 6.26. The predicted molar refractivity (Wildman–Crippen MR) is 111 cm³/mol. The van der Waals surface area contributed by atoms with Crippen LogP contribution in [0.3, 0.4) is 0 Å². The summed E-state index contributed by atoms with van der Waals surface area (Å²) in [5.41, 5.74) is 5.85. The molecule has 3 aromatic rings. The number of fused-ring (bicyclic) bond motifs is 2. The number of ether oxygens (including phenoxy) is 1. The zero-order valence-electron chi connectivity index (χ0n) is 17.2. The number of rotatable bonds is 1. The highest BCUT2D eigenvalue weighted by Gasteiger charge is 2.33. The van der Waals surface area contributed by atoms with Crippen molar-refractivity contribution in [1.29, 1.82) is 0 Å². The van der Waals surface area contributed by atoms with Gasteiger partial charge in [-0.05, 0) is 55.0 Å². The molecule has 1 aromatic heterocycles. The van der Waals surface area contributed by atoms with Gasteiger partial charge >= 0.3 is 5.97 Å². The summed E-state index contributed by atoms with van der Waals surface area (Å²) < 4.78 is 11.7. The lowest BCUT2D eigenvalue weighted by Crippen LogP contribution is -2.17. The third-order valence-electron chi connectivity index (χ3n) is 5.15. The summed E-state index contributed by atoms with van der Waals surface area (Å²) in [6, 6.07) is 13.7. The first-order valence-corrected chi connectivity index (χ1v) is 9.50. The molecule has 0 radical (unpaired) electrons. The van der Waals surface area contributed by atoms with Crippen molar-refractivity contribution in [3.05, 3.63) is 70.5 Å². The van der Waals surface area contributed by atoms with E-state index in [-0.39, 0.29) is 11.4 Å². The number of carbonyl (C=O) groups is 1.